The third-order valence-corrected chi connectivity index (χ3v) is 13.5. The van der Waals surface area contributed by atoms with Gasteiger partial charge in [0.2, 0.25) is 0 Å². The van der Waals surface area contributed by atoms with Crippen LogP contribution in [-0.4, -0.2) is 82.3 Å². The second-order valence-electron chi connectivity index (χ2n) is 15.5. The van der Waals surface area contributed by atoms with Gasteiger partial charge in [0.1, 0.15) is 24.4 Å². The van der Waals surface area contributed by atoms with Crippen LogP contribution in [0, 0.1) is 46.3 Å². The van der Waals surface area contributed by atoms with Gasteiger partial charge in [-0.3, -0.25) is 0 Å². The van der Waals surface area contributed by atoms with Crippen molar-refractivity contribution in [3.05, 3.63) is 11.6 Å². The number of aliphatic hydroxyl groups excluding tert-OH is 4. The highest BCUT2D eigenvalue weighted by molar-refractivity contribution is 5.26. The van der Waals surface area contributed by atoms with Crippen molar-refractivity contribution in [2.24, 2.45) is 46.3 Å². The number of ether oxygens (including phenoxy) is 4. The van der Waals surface area contributed by atoms with Crippen molar-refractivity contribution < 1.29 is 39.4 Å². The Bertz CT molecular complexity index is 1020. The molecule has 0 aromatic rings. The van der Waals surface area contributed by atoms with E-state index in [1.807, 2.05) is 0 Å². The van der Waals surface area contributed by atoms with Crippen LogP contribution in [0.25, 0.3) is 0 Å². The monoisotopic (exact) mass is 576 g/mol. The fourth-order valence-corrected chi connectivity index (χ4v) is 11.1. The van der Waals surface area contributed by atoms with Crippen LogP contribution in [0.3, 0.4) is 0 Å². The Hall–Kier alpha value is -0.580. The molecule has 3 saturated carbocycles. The van der Waals surface area contributed by atoms with Gasteiger partial charge in [-0.1, -0.05) is 39.3 Å². The Kier molecular flexibility index (Phi) is 7.27. The maximum atomic E-state index is 10.5. The van der Waals surface area contributed by atoms with E-state index in [9.17, 15) is 20.4 Å². The lowest BCUT2D eigenvalue weighted by Gasteiger charge is -2.58. The van der Waals surface area contributed by atoms with Crippen LogP contribution in [0.5, 0.6) is 0 Å². The van der Waals surface area contributed by atoms with Crippen LogP contribution >= 0.6 is 0 Å². The first-order valence-electron chi connectivity index (χ1n) is 16.5. The summed E-state index contributed by atoms with van der Waals surface area (Å²) >= 11 is 0. The highest BCUT2D eigenvalue weighted by atomic mass is 16.7. The molecule has 232 valence electrons. The van der Waals surface area contributed by atoms with E-state index >= 15 is 0 Å². The number of hydrogen-bond acceptors (Lipinski definition) is 8. The number of fused-ring (bicyclic) bond motifs is 7. The van der Waals surface area contributed by atoms with Crippen molar-refractivity contribution in [3.8, 4) is 0 Å². The zero-order chi connectivity index (χ0) is 28.9. The molecule has 3 saturated heterocycles. The molecule has 16 atom stereocenters. The van der Waals surface area contributed by atoms with Gasteiger partial charge in [-0.2, -0.15) is 0 Å². The molecule has 8 nitrogen and oxygen atoms in total. The van der Waals surface area contributed by atoms with E-state index in [1.54, 1.807) is 0 Å². The smallest absolute Gasteiger partial charge is 0.186 e. The first-order valence-corrected chi connectivity index (χ1v) is 16.5. The van der Waals surface area contributed by atoms with Gasteiger partial charge in [-0.15, -0.1) is 0 Å². The van der Waals surface area contributed by atoms with Gasteiger partial charge in [0.05, 0.1) is 25.4 Å². The summed E-state index contributed by atoms with van der Waals surface area (Å²) in [6.45, 7) is 10.1. The van der Waals surface area contributed by atoms with E-state index in [0.29, 0.717) is 47.0 Å². The van der Waals surface area contributed by atoms with E-state index in [-0.39, 0.29) is 17.3 Å². The van der Waals surface area contributed by atoms with Crippen molar-refractivity contribution in [2.45, 2.75) is 134 Å². The lowest BCUT2D eigenvalue weighted by atomic mass is 9.47. The van der Waals surface area contributed by atoms with Crippen LogP contribution in [0.1, 0.15) is 85.5 Å². The molecule has 3 heterocycles. The molecule has 8 heteroatoms. The molecule has 41 heavy (non-hydrogen) atoms. The van der Waals surface area contributed by atoms with Crippen molar-refractivity contribution in [1.82, 2.24) is 0 Å². The third kappa shape index (κ3) is 4.29. The minimum atomic E-state index is -1.41. The lowest BCUT2D eigenvalue weighted by Crippen LogP contribution is -2.60. The molecule has 3 aliphatic heterocycles. The minimum Gasteiger partial charge on any atom is -0.394 e. The Morgan fingerprint density at radius 3 is 2.51 bits per heavy atom. The normalized spacial score (nSPS) is 58.3. The molecule has 1 spiro atoms. The summed E-state index contributed by atoms with van der Waals surface area (Å²) < 4.78 is 25.3. The van der Waals surface area contributed by atoms with Gasteiger partial charge < -0.3 is 39.4 Å². The topological polar surface area (TPSA) is 118 Å². The second-order valence-corrected chi connectivity index (χ2v) is 15.5. The maximum absolute atomic E-state index is 10.5. The third-order valence-electron chi connectivity index (χ3n) is 13.5. The first-order chi connectivity index (χ1) is 19.5. The summed E-state index contributed by atoms with van der Waals surface area (Å²) in [5.74, 6) is 3.28. The Balaban J connectivity index is 1.05. The first kappa shape index (κ1) is 29.1. The van der Waals surface area contributed by atoms with Crippen LogP contribution in [0.4, 0.5) is 0 Å². The van der Waals surface area contributed by atoms with E-state index in [0.717, 1.165) is 45.1 Å². The molecule has 0 aromatic carbocycles. The molecule has 0 aromatic heterocycles. The zero-order valence-corrected chi connectivity index (χ0v) is 25.3. The summed E-state index contributed by atoms with van der Waals surface area (Å²) in [4.78, 5) is 0. The lowest BCUT2D eigenvalue weighted by molar-refractivity contribution is -0.313. The quantitative estimate of drug-likeness (QED) is 0.377. The molecule has 7 aliphatic rings. The molecule has 0 radical (unpaired) electrons. The van der Waals surface area contributed by atoms with Gasteiger partial charge in [0, 0.05) is 12.3 Å². The van der Waals surface area contributed by atoms with E-state index < -0.39 is 37.3 Å². The van der Waals surface area contributed by atoms with Crippen LogP contribution < -0.4 is 0 Å². The average Bonchev–Trinajstić information content (AvgIpc) is 3.40. The number of allylic oxidation sites excluding steroid dienone is 1. The van der Waals surface area contributed by atoms with Crippen molar-refractivity contribution >= 4 is 0 Å². The summed E-state index contributed by atoms with van der Waals surface area (Å²) in [5.41, 5.74) is 1.91. The van der Waals surface area contributed by atoms with Crippen molar-refractivity contribution in [1.29, 1.82) is 0 Å². The molecule has 0 bridgehead atoms. The number of rotatable bonds is 3. The predicted octanol–water partition coefficient (Wildman–Crippen LogP) is 3.54. The van der Waals surface area contributed by atoms with Gasteiger partial charge in [0.25, 0.3) is 0 Å². The SMILES string of the molecule is C[C@@H]1CC[C@]2(OC1)O[C@@H]1C[C@@H]3[C@@H]4CC=C5C[C@@H](O[C@H]6O[C@@H](CO)[C@H](O)[C@@H](O)[C@@H]6O)CC[C@]5(C)[C@H]4CC[C@]3(C)[C@@H]1[C@H]2C. The number of hydrogen-bond donors (Lipinski definition) is 4. The second kappa shape index (κ2) is 10.2. The van der Waals surface area contributed by atoms with Crippen molar-refractivity contribution in [2.75, 3.05) is 13.2 Å². The number of aliphatic hydroxyl groups is 4. The molecular weight excluding hydrogens is 524 g/mol. The predicted molar refractivity (Wildman–Crippen MR) is 150 cm³/mol. The molecular formula is C33H52O8. The molecule has 0 amide bonds. The van der Waals surface area contributed by atoms with E-state index in [1.165, 1.54) is 24.8 Å². The highest BCUT2D eigenvalue weighted by Gasteiger charge is 2.68. The summed E-state index contributed by atoms with van der Waals surface area (Å²) in [6, 6.07) is 0. The minimum absolute atomic E-state index is 0.129. The van der Waals surface area contributed by atoms with E-state index in [2.05, 4.69) is 33.8 Å². The summed E-state index contributed by atoms with van der Waals surface area (Å²) in [6.07, 6.45) is 6.24. The average molecular weight is 577 g/mol. The zero-order valence-electron chi connectivity index (χ0n) is 25.3. The fraction of sp³-hybridized carbons (Fsp3) is 0.939. The van der Waals surface area contributed by atoms with Crippen molar-refractivity contribution in [3.63, 3.8) is 0 Å². The van der Waals surface area contributed by atoms with Crippen LogP contribution in [0.15, 0.2) is 11.6 Å². The summed E-state index contributed by atoms with van der Waals surface area (Å²) in [7, 11) is 0. The van der Waals surface area contributed by atoms with E-state index in [4.69, 9.17) is 18.9 Å². The standard InChI is InChI=1S/C33H52O8/c1-17-7-12-33(38-16-17)18(2)26-24(41-33)14-23-21-6-5-19-13-20(8-10-31(19,3)22(21)9-11-32(23,26)4)39-30-29(37)28(36)27(35)25(15-34)40-30/h5,17-18,20-30,34-37H,6-16H2,1-4H3/t17-,18-,20+,21-,22+,23-,24-,25+,26-,27+,28-,29+,30+,31+,32+,33+/m1/s1. The van der Waals surface area contributed by atoms with Gasteiger partial charge in [-0.25, -0.2) is 0 Å². The largest absolute Gasteiger partial charge is 0.394 e. The van der Waals surface area contributed by atoms with Gasteiger partial charge in [0.15, 0.2) is 12.1 Å². The highest BCUT2D eigenvalue weighted by Crippen LogP contribution is 2.70. The van der Waals surface area contributed by atoms with Gasteiger partial charge >= 0.3 is 0 Å². The summed E-state index contributed by atoms with van der Waals surface area (Å²) in [5, 5.41) is 40.4. The molecule has 4 N–H and O–H groups in total. The Morgan fingerprint density at radius 1 is 0.976 bits per heavy atom. The molecule has 6 fully saturated rings. The maximum Gasteiger partial charge on any atom is 0.186 e. The molecule has 0 unspecified atom stereocenters. The Morgan fingerprint density at radius 2 is 1.78 bits per heavy atom. The molecule has 4 aliphatic carbocycles. The molecule has 7 rings (SSSR count). The van der Waals surface area contributed by atoms with Crippen LogP contribution in [-0.2, 0) is 18.9 Å². The van der Waals surface area contributed by atoms with Gasteiger partial charge in [-0.05, 0) is 91.8 Å². The van der Waals surface area contributed by atoms with Crippen LogP contribution in [0.2, 0.25) is 0 Å². The fourth-order valence-electron chi connectivity index (χ4n) is 11.1. The Labute approximate surface area is 244 Å².